The van der Waals surface area contributed by atoms with E-state index in [2.05, 4.69) is 10.2 Å². The number of nitrogens with one attached hydrogen (secondary N) is 1. The second kappa shape index (κ2) is 15.3. The van der Waals surface area contributed by atoms with Crippen molar-refractivity contribution in [2.45, 2.75) is 57.3 Å². The first-order chi connectivity index (χ1) is 19.6. The van der Waals surface area contributed by atoms with Gasteiger partial charge < -0.3 is 24.2 Å². The van der Waals surface area contributed by atoms with Gasteiger partial charge in [-0.25, -0.2) is 4.79 Å². The maximum absolute atomic E-state index is 13.7. The van der Waals surface area contributed by atoms with Crippen LogP contribution in [-0.4, -0.2) is 89.2 Å². The van der Waals surface area contributed by atoms with Crippen molar-refractivity contribution in [1.82, 2.24) is 15.6 Å². The van der Waals surface area contributed by atoms with Crippen molar-refractivity contribution in [2.24, 2.45) is 0 Å². The summed E-state index contributed by atoms with van der Waals surface area (Å²) in [4.78, 5) is 44.7. The van der Waals surface area contributed by atoms with Crippen LogP contribution in [0.3, 0.4) is 0 Å². The molecule has 224 valence electrons. The normalized spacial score (nSPS) is 16.0. The molecule has 13 heteroatoms. The maximum atomic E-state index is 13.7. The number of benzene rings is 2. The summed E-state index contributed by atoms with van der Waals surface area (Å²) in [5.74, 6) is -1.25. The van der Waals surface area contributed by atoms with Gasteiger partial charge in [-0.1, -0.05) is 30.3 Å². The number of carbonyl (C=O) groups excluding carboxylic acids is 2. The molecule has 41 heavy (non-hydrogen) atoms. The molecule has 0 bridgehead atoms. The maximum Gasteiger partial charge on any atom is 0.329 e. The average Bonchev–Trinajstić information content (AvgIpc) is 2.97. The van der Waals surface area contributed by atoms with Gasteiger partial charge in [0.05, 0.1) is 38.9 Å². The van der Waals surface area contributed by atoms with E-state index >= 15 is 0 Å². The second-order valence-corrected chi connectivity index (χ2v) is 9.57. The molecule has 2 aromatic rings. The fourth-order valence-electron chi connectivity index (χ4n) is 4.68. The molecule has 0 saturated heterocycles. The van der Waals surface area contributed by atoms with Gasteiger partial charge in [-0.05, 0) is 48.6 Å². The van der Waals surface area contributed by atoms with Gasteiger partial charge in [-0.2, -0.15) is 0 Å². The van der Waals surface area contributed by atoms with Crippen LogP contribution in [0, 0.1) is 0 Å². The van der Waals surface area contributed by atoms with E-state index in [1.54, 1.807) is 19.1 Å². The van der Waals surface area contributed by atoms with Gasteiger partial charge in [0.1, 0.15) is 12.1 Å². The number of esters is 1. The van der Waals surface area contributed by atoms with Gasteiger partial charge >= 0.3 is 11.9 Å². The standard InChI is InChI=1S/C28H37N3O10/c1-18(29-22(27(33)34)11-10-19-8-5-4-6-9-19)26(32)30-17-21-16-25(39-3)24(38-2)15-20(21)14-23(30)28(35)40-12-7-13-41-31(36)37/h4-6,8-9,15-16,18,22-23,29,36-37H,7,10-14,17H2,1-3H3,(H,33,34). The number of carboxylic acids is 1. The number of ether oxygens (including phenoxy) is 3. The van der Waals surface area contributed by atoms with Crippen LogP contribution in [-0.2, 0) is 43.3 Å². The number of methoxy groups -OCH3 is 2. The Morgan fingerprint density at radius 2 is 1.71 bits per heavy atom. The highest BCUT2D eigenvalue weighted by molar-refractivity contribution is 5.89. The number of aryl methyl sites for hydroxylation is 1. The molecule has 2 aromatic carbocycles. The van der Waals surface area contributed by atoms with Gasteiger partial charge in [0.15, 0.2) is 11.5 Å². The summed E-state index contributed by atoms with van der Waals surface area (Å²) in [6, 6.07) is 10.1. The Kier molecular flexibility index (Phi) is 11.9. The van der Waals surface area contributed by atoms with Crippen LogP contribution >= 0.6 is 0 Å². The molecule has 13 nitrogen and oxygen atoms in total. The SMILES string of the molecule is COc1cc2c(cc1OC)CN(C(=O)C(C)NC(CCc1ccccc1)C(=O)O)C(C(=O)OCCCON(O)O)C2. The summed E-state index contributed by atoms with van der Waals surface area (Å²) < 4.78 is 16.2. The zero-order valence-electron chi connectivity index (χ0n) is 23.3. The smallest absolute Gasteiger partial charge is 0.329 e. The van der Waals surface area contributed by atoms with Gasteiger partial charge in [0.25, 0.3) is 0 Å². The molecule has 1 amide bonds. The molecule has 1 heterocycles. The third kappa shape index (κ3) is 8.87. The van der Waals surface area contributed by atoms with Crippen molar-refractivity contribution in [3.8, 4) is 11.5 Å². The minimum Gasteiger partial charge on any atom is -0.493 e. The van der Waals surface area contributed by atoms with E-state index < -0.39 is 41.4 Å². The van der Waals surface area contributed by atoms with E-state index in [9.17, 15) is 19.5 Å². The molecule has 0 saturated carbocycles. The number of hydrogen-bond acceptors (Lipinski definition) is 11. The van der Waals surface area contributed by atoms with Crippen molar-refractivity contribution in [3.63, 3.8) is 0 Å². The molecule has 4 N–H and O–H groups in total. The number of hydrogen-bond donors (Lipinski definition) is 4. The lowest BCUT2D eigenvalue weighted by molar-refractivity contribution is -0.492. The Balaban J connectivity index is 1.77. The van der Waals surface area contributed by atoms with E-state index in [4.69, 9.17) is 24.6 Å². The Hall–Kier alpha value is -3.75. The average molecular weight is 576 g/mol. The van der Waals surface area contributed by atoms with Crippen molar-refractivity contribution in [2.75, 3.05) is 27.4 Å². The van der Waals surface area contributed by atoms with Crippen LogP contribution in [0.1, 0.15) is 36.5 Å². The molecular formula is C28H37N3O10. The number of carboxylic acid groups (broad SMARTS) is 1. The van der Waals surface area contributed by atoms with Crippen molar-refractivity contribution in [3.05, 3.63) is 59.2 Å². The highest BCUT2D eigenvalue weighted by Crippen LogP contribution is 2.35. The predicted molar refractivity (Wildman–Crippen MR) is 143 cm³/mol. The molecule has 3 rings (SSSR count). The molecule has 3 unspecified atom stereocenters. The number of rotatable bonds is 15. The number of amides is 1. The fourth-order valence-corrected chi connectivity index (χ4v) is 4.68. The van der Waals surface area contributed by atoms with E-state index in [0.717, 1.165) is 16.7 Å². The van der Waals surface area contributed by atoms with Crippen LogP contribution in [0.25, 0.3) is 0 Å². The molecule has 1 aliphatic heterocycles. The molecule has 0 radical (unpaired) electrons. The van der Waals surface area contributed by atoms with Gasteiger partial charge in [-0.15, -0.1) is 0 Å². The van der Waals surface area contributed by atoms with Gasteiger partial charge in [0.2, 0.25) is 5.91 Å². The number of fused-ring (bicyclic) bond motifs is 1. The lowest BCUT2D eigenvalue weighted by Crippen LogP contribution is -2.56. The molecule has 0 spiro atoms. The minimum absolute atomic E-state index is 0.0646. The quantitative estimate of drug-likeness (QED) is 0.139. The first kappa shape index (κ1) is 31.8. The number of carbonyl (C=O) groups is 3. The summed E-state index contributed by atoms with van der Waals surface area (Å²) in [6.45, 7) is 1.43. The first-order valence-electron chi connectivity index (χ1n) is 13.2. The van der Waals surface area contributed by atoms with E-state index in [1.807, 2.05) is 30.3 Å². The third-order valence-electron chi connectivity index (χ3n) is 6.82. The zero-order valence-corrected chi connectivity index (χ0v) is 23.3. The van der Waals surface area contributed by atoms with E-state index in [-0.39, 0.29) is 39.0 Å². The molecule has 0 aliphatic carbocycles. The second-order valence-electron chi connectivity index (χ2n) is 9.57. The number of aliphatic carboxylic acids is 1. The molecule has 1 aliphatic rings. The Morgan fingerprint density at radius 1 is 1.05 bits per heavy atom. The highest BCUT2D eigenvalue weighted by Gasteiger charge is 2.38. The summed E-state index contributed by atoms with van der Waals surface area (Å²) in [5, 5.41) is 29.6. The Bertz CT molecular complexity index is 1180. The highest BCUT2D eigenvalue weighted by atomic mass is 17.1. The Labute approximate surface area is 238 Å². The fraction of sp³-hybridized carbons (Fsp3) is 0.464. The van der Waals surface area contributed by atoms with Crippen molar-refractivity contribution >= 4 is 17.8 Å². The largest absolute Gasteiger partial charge is 0.493 e. The van der Waals surface area contributed by atoms with Crippen molar-refractivity contribution < 1.29 is 49.0 Å². The van der Waals surface area contributed by atoms with E-state index in [1.165, 1.54) is 19.1 Å². The number of nitrogens with zero attached hydrogens (tertiary/aromatic N) is 2. The van der Waals surface area contributed by atoms with Gasteiger partial charge in [0, 0.05) is 19.4 Å². The molecule has 0 fully saturated rings. The third-order valence-corrected chi connectivity index (χ3v) is 6.82. The van der Waals surface area contributed by atoms with Crippen LogP contribution in [0.15, 0.2) is 42.5 Å². The van der Waals surface area contributed by atoms with Crippen LogP contribution in [0.4, 0.5) is 0 Å². The summed E-state index contributed by atoms with van der Waals surface area (Å²) in [6.07, 6.45) is 1.09. The molecule has 0 aromatic heterocycles. The zero-order chi connectivity index (χ0) is 29.9. The summed E-state index contributed by atoms with van der Waals surface area (Å²) >= 11 is 0. The monoisotopic (exact) mass is 575 g/mol. The minimum atomic E-state index is -1.08. The van der Waals surface area contributed by atoms with Crippen LogP contribution in [0.2, 0.25) is 0 Å². The summed E-state index contributed by atoms with van der Waals surface area (Å²) in [5.41, 5.74) is 2.51. The van der Waals surface area contributed by atoms with Crippen LogP contribution in [0.5, 0.6) is 11.5 Å². The molecule has 3 atom stereocenters. The van der Waals surface area contributed by atoms with E-state index in [0.29, 0.717) is 17.9 Å². The van der Waals surface area contributed by atoms with Crippen LogP contribution < -0.4 is 14.8 Å². The predicted octanol–water partition coefficient (Wildman–Crippen LogP) is 1.97. The lowest BCUT2D eigenvalue weighted by Gasteiger charge is -2.37. The topological polar surface area (TPSA) is 167 Å². The summed E-state index contributed by atoms with van der Waals surface area (Å²) in [7, 11) is 3.00. The first-order valence-corrected chi connectivity index (χ1v) is 13.2. The molecular weight excluding hydrogens is 538 g/mol. The van der Waals surface area contributed by atoms with Gasteiger partial charge in [-0.3, -0.25) is 30.2 Å². The van der Waals surface area contributed by atoms with Crippen molar-refractivity contribution in [1.29, 1.82) is 0 Å². The Morgan fingerprint density at radius 3 is 2.32 bits per heavy atom. The lowest BCUT2D eigenvalue weighted by atomic mass is 9.92.